The monoisotopic (exact) mass is 241 g/mol. The van der Waals surface area contributed by atoms with Crippen LogP contribution in [0.3, 0.4) is 0 Å². The molecule has 1 aromatic rings. The molecule has 17 heavy (non-hydrogen) atoms. The van der Waals surface area contributed by atoms with Crippen molar-refractivity contribution >= 4 is 17.9 Å². The van der Waals surface area contributed by atoms with Crippen LogP contribution in [0.4, 0.5) is 0 Å². The topological polar surface area (TPSA) is 138 Å². The molecule has 0 spiro atoms. The van der Waals surface area contributed by atoms with Gasteiger partial charge in [0.15, 0.2) is 0 Å². The van der Waals surface area contributed by atoms with E-state index in [4.69, 9.17) is 30.6 Å². The van der Waals surface area contributed by atoms with Crippen LogP contribution in [0.15, 0.2) is 30.3 Å². The number of benzene rings is 1. The van der Waals surface area contributed by atoms with Gasteiger partial charge in [0.2, 0.25) is 0 Å². The molecule has 1 unspecified atom stereocenters. The van der Waals surface area contributed by atoms with Gasteiger partial charge in [0, 0.05) is 0 Å². The highest BCUT2D eigenvalue weighted by Crippen LogP contribution is 2.08. The third-order valence-electron chi connectivity index (χ3n) is 1.61. The van der Waals surface area contributed by atoms with Gasteiger partial charge in [0.05, 0.1) is 0 Å². The molecule has 0 saturated carbocycles. The molecular weight excluding hydrogens is 230 g/mol. The molecule has 0 amide bonds. The number of carboxylic acids is 3. The van der Waals surface area contributed by atoms with Crippen molar-refractivity contribution in [1.29, 1.82) is 0 Å². The van der Waals surface area contributed by atoms with E-state index in [1.165, 1.54) is 0 Å². The summed E-state index contributed by atoms with van der Waals surface area (Å²) >= 11 is 0. The highest BCUT2D eigenvalue weighted by Gasteiger charge is 2.12. The van der Waals surface area contributed by atoms with E-state index in [-0.39, 0.29) is 0 Å². The molecule has 92 valence electrons. The van der Waals surface area contributed by atoms with E-state index in [0.717, 1.165) is 0 Å². The van der Waals surface area contributed by atoms with Crippen molar-refractivity contribution in [1.82, 2.24) is 0 Å². The zero-order valence-corrected chi connectivity index (χ0v) is 8.61. The maximum absolute atomic E-state index is 10.4. The van der Waals surface area contributed by atoms with Gasteiger partial charge in [-0.2, -0.15) is 0 Å². The minimum Gasteiger partial charge on any atom is -0.480 e. The predicted octanol–water partition coefficient (Wildman–Crippen LogP) is -0.0734. The third-order valence-corrected chi connectivity index (χ3v) is 1.61. The normalized spacial score (nSPS) is 10.6. The van der Waals surface area contributed by atoms with Crippen molar-refractivity contribution in [3.63, 3.8) is 0 Å². The summed E-state index contributed by atoms with van der Waals surface area (Å²) in [5.74, 6) is -4.65. The molecule has 7 heteroatoms. The first-order chi connectivity index (χ1) is 7.86. The second kappa shape index (κ2) is 6.96. The predicted molar refractivity (Wildman–Crippen MR) is 56.3 cm³/mol. The third kappa shape index (κ3) is 5.90. The summed E-state index contributed by atoms with van der Waals surface area (Å²) in [6.45, 7) is 0. The second-order valence-electron chi connectivity index (χ2n) is 2.84. The van der Waals surface area contributed by atoms with E-state index in [1.54, 1.807) is 24.3 Å². The fraction of sp³-hybridized carbons (Fsp3) is 0.100. The maximum Gasteiger partial charge on any atom is 0.414 e. The molecule has 5 N–H and O–H groups in total. The number of hydrogen-bond acceptors (Lipinski definition) is 4. The number of carbonyl (C=O) groups is 3. The van der Waals surface area contributed by atoms with Crippen molar-refractivity contribution in [3.05, 3.63) is 35.9 Å². The molecule has 7 nitrogen and oxygen atoms in total. The van der Waals surface area contributed by atoms with Gasteiger partial charge in [-0.25, -0.2) is 9.59 Å². The van der Waals surface area contributed by atoms with Gasteiger partial charge in [-0.1, -0.05) is 30.3 Å². The summed E-state index contributed by atoms with van der Waals surface area (Å²) in [5.41, 5.74) is 5.96. The van der Waals surface area contributed by atoms with Crippen molar-refractivity contribution < 1.29 is 29.7 Å². The van der Waals surface area contributed by atoms with Crippen LogP contribution >= 0.6 is 0 Å². The first-order valence-electron chi connectivity index (χ1n) is 4.35. The van der Waals surface area contributed by atoms with Crippen molar-refractivity contribution in [2.75, 3.05) is 0 Å². The van der Waals surface area contributed by atoms with Crippen LogP contribution in [-0.2, 0) is 14.4 Å². The highest BCUT2D eigenvalue weighted by atomic mass is 16.4. The minimum atomic E-state index is -1.82. The fourth-order valence-corrected chi connectivity index (χ4v) is 0.803. The minimum absolute atomic E-state index is 0.625. The van der Waals surface area contributed by atoms with Crippen LogP contribution in [0.1, 0.15) is 11.6 Å². The molecule has 0 bridgehead atoms. The summed E-state index contributed by atoms with van der Waals surface area (Å²) in [4.78, 5) is 28.6. The summed E-state index contributed by atoms with van der Waals surface area (Å²) in [6, 6.07) is 7.82. The van der Waals surface area contributed by atoms with Crippen LogP contribution in [0.5, 0.6) is 0 Å². The Bertz CT molecular complexity index is 391. The molecule has 0 radical (unpaired) electrons. The average Bonchev–Trinajstić information content (AvgIpc) is 2.29. The molecule has 0 aliphatic rings. The summed E-state index contributed by atoms with van der Waals surface area (Å²) in [7, 11) is 0. The standard InChI is InChI=1S/C8H9NO2.C2H2O4/c9-7(8(10)11)6-4-2-1-3-5-6;3-1(4)2(5)6/h1-5,7H,9H2,(H,10,11);(H,3,4)(H,5,6). The Morgan fingerprint density at radius 1 is 0.941 bits per heavy atom. The van der Waals surface area contributed by atoms with E-state index in [2.05, 4.69) is 0 Å². The molecule has 1 aromatic carbocycles. The summed E-state index contributed by atoms with van der Waals surface area (Å²) in [5, 5.41) is 23.3. The molecular formula is C10H11NO6. The smallest absolute Gasteiger partial charge is 0.414 e. The first-order valence-corrected chi connectivity index (χ1v) is 4.35. The Morgan fingerprint density at radius 3 is 1.65 bits per heavy atom. The highest BCUT2D eigenvalue weighted by molar-refractivity contribution is 6.27. The zero-order chi connectivity index (χ0) is 13.4. The Hall–Kier alpha value is -2.41. The van der Waals surface area contributed by atoms with Crippen LogP contribution in [0, 0.1) is 0 Å². The van der Waals surface area contributed by atoms with E-state index in [0.29, 0.717) is 5.56 Å². The lowest BCUT2D eigenvalue weighted by molar-refractivity contribution is -0.159. The quantitative estimate of drug-likeness (QED) is 0.531. The van der Waals surface area contributed by atoms with Gasteiger partial charge in [0.25, 0.3) is 0 Å². The number of hydrogen-bond donors (Lipinski definition) is 4. The molecule has 0 heterocycles. The zero-order valence-electron chi connectivity index (χ0n) is 8.61. The fourth-order valence-electron chi connectivity index (χ4n) is 0.803. The van der Waals surface area contributed by atoms with E-state index >= 15 is 0 Å². The van der Waals surface area contributed by atoms with Gasteiger partial charge >= 0.3 is 17.9 Å². The Kier molecular flexibility index (Phi) is 5.98. The van der Waals surface area contributed by atoms with E-state index in [1.807, 2.05) is 6.07 Å². The average molecular weight is 241 g/mol. The van der Waals surface area contributed by atoms with Gasteiger partial charge in [0.1, 0.15) is 6.04 Å². The molecule has 1 atom stereocenters. The Morgan fingerprint density at radius 2 is 1.35 bits per heavy atom. The Labute approximate surface area is 96.1 Å². The molecule has 0 aliphatic carbocycles. The lowest BCUT2D eigenvalue weighted by Crippen LogP contribution is -2.20. The van der Waals surface area contributed by atoms with Crippen LogP contribution < -0.4 is 5.73 Å². The van der Waals surface area contributed by atoms with Gasteiger partial charge in [-0.15, -0.1) is 0 Å². The molecule has 0 saturated heterocycles. The molecule has 0 fully saturated rings. The van der Waals surface area contributed by atoms with Crippen LogP contribution in [-0.4, -0.2) is 33.2 Å². The summed E-state index contributed by atoms with van der Waals surface area (Å²) < 4.78 is 0. The summed E-state index contributed by atoms with van der Waals surface area (Å²) in [6.07, 6.45) is 0. The van der Waals surface area contributed by atoms with Crippen LogP contribution in [0.25, 0.3) is 0 Å². The number of aliphatic carboxylic acids is 3. The van der Waals surface area contributed by atoms with Crippen molar-refractivity contribution in [2.24, 2.45) is 5.73 Å². The molecule has 0 aromatic heterocycles. The molecule has 1 rings (SSSR count). The van der Waals surface area contributed by atoms with Crippen LogP contribution in [0.2, 0.25) is 0 Å². The number of nitrogens with two attached hydrogens (primary N) is 1. The number of rotatable bonds is 2. The Balaban J connectivity index is 0.000000366. The van der Waals surface area contributed by atoms with E-state index < -0.39 is 23.9 Å². The number of carboxylic acid groups (broad SMARTS) is 3. The second-order valence-corrected chi connectivity index (χ2v) is 2.84. The van der Waals surface area contributed by atoms with Gasteiger partial charge in [-0.05, 0) is 5.56 Å². The maximum atomic E-state index is 10.4. The largest absolute Gasteiger partial charge is 0.480 e. The van der Waals surface area contributed by atoms with Crippen molar-refractivity contribution in [2.45, 2.75) is 6.04 Å². The first kappa shape index (κ1) is 14.6. The van der Waals surface area contributed by atoms with Gasteiger partial charge < -0.3 is 21.1 Å². The van der Waals surface area contributed by atoms with Gasteiger partial charge in [-0.3, -0.25) is 4.79 Å². The molecule has 0 aliphatic heterocycles. The SMILES string of the molecule is NC(C(=O)O)c1ccccc1.O=C(O)C(=O)O. The lowest BCUT2D eigenvalue weighted by Gasteiger charge is -2.04. The van der Waals surface area contributed by atoms with E-state index in [9.17, 15) is 4.79 Å². The lowest BCUT2D eigenvalue weighted by atomic mass is 10.1. The van der Waals surface area contributed by atoms with Crippen molar-refractivity contribution in [3.8, 4) is 0 Å².